The number of β-amino-alcohol motifs (C(OH)–C–C–N with tert-alkyl or cyclic N) is 1. The highest BCUT2D eigenvalue weighted by atomic mass is 16.3. The summed E-state index contributed by atoms with van der Waals surface area (Å²) in [6.45, 7) is 5.03. The molecule has 0 spiro atoms. The zero-order valence-corrected chi connectivity index (χ0v) is 14.1. The molecule has 3 rings (SSSR count). The molecule has 2 N–H and O–H groups in total. The number of hydrogen-bond acceptors (Lipinski definition) is 5. The molecule has 2 aromatic rings. The summed E-state index contributed by atoms with van der Waals surface area (Å²) in [6, 6.07) is 2.06. The van der Waals surface area contributed by atoms with Crippen molar-refractivity contribution in [3.63, 3.8) is 0 Å². The van der Waals surface area contributed by atoms with Crippen molar-refractivity contribution < 1.29 is 9.90 Å². The van der Waals surface area contributed by atoms with Crippen LogP contribution in [0.4, 0.5) is 0 Å². The number of amides is 1. The summed E-state index contributed by atoms with van der Waals surface area (Å²) in [5, 5.41) is 25.5. The predicted molar refractivity (Wildman–Crippen MR) is 87.3 cm³/mol. The molecule has 3 heterocycles. The fourth-order valence-corrected chi connectivity index (χ4v) is 3.32. The molecule has 1 amide bonds. The monoisotopic (exact) mass is 332 g/mol. The maximum absolute atomic E-state index is 12.8. The van der Waals surface area contributed by atoms with Crippen molar-refractivity contribution in [2.24, 2.45) is 0 Å². The van der Waals surface area contributed by atoms with Gasteiger partial charge in [-0.2, -0.15) is 20.5 Å². The molecule has 1 aliphatic heterocycles. The number of nitrogens with zero attached hydrogens (tertiary/aromatic N) is 5. The Labute approximate surface area is 140 Å². The predicted octanol–water partition coefficient (Wildman–Crippen LogP) is 1.49. The molecule has 0 unspecified atom stereocenters. The molecule has 24 heavy (non-hydrogen) atoms. The maximum Gasteiger partial charge on any atom is 0.274 e. The number of nitrogens with one attached hydrogen (secondary N) is 1. The number of aromatic nitrogens is 5. The first kappa shape index (κ1) is 16.6. The summed E-state index contributed by atoms with van der Waals surface area (Å²) >= 11 is 0. The lowest BCUT2D eigenvalue weighted by atomic mass is 9.90. The number of carbonyl (C=O) groups is 1. The molecule has 0 aromatic carbocycles. The topological polar surface area (TPSA) is 99.9 Å². The minimum atomic E-state index is -1.15. The first-order valence-corrected chi connectivity index (χ1v) is 8.50. The molecular formula is C16H24N6O2. The fraction of sp³-hybridized carbons (Fsp3) is 0.625. The Balaban J connectivity index is 1.75. The Hall–Kier alpha value is -2.22. The van der Waals surface area contributed by atoms with Gasteiger partial charge < -0.3 is 10.0 Å². The highest BCUT2D eigenvalue weighted by Crippen LogP contribution is 2.30. The number of piperidine rings is 1. The average Bonchev–Trinajstić information content (AvgIpc) is 3.28. The molecule has 1 saturated heterocycles. The van der Waals surface area contributed by atoms with Crippen LogP contribution in [0.5, 0.6) is 0 Å². The molecule has 2 aromatic heterocycles. The largest absolute Gasteiger partial charge is 0.382 e. The lowest BCUT2D eigenvalue weighted by molar-refractivity contribution is -0.0322. The summed E-state index contributed by atoms with van der Waals surface area (Å²) < 4.78 is 1.86. The van der Waals surface area contributed by atoms with Gasteiger partial charge in [-0.25, -0.2) is 0 Å². The normalized spacial score (nSPS) is 21.4. The SMILES string of the molecule is CCC(CC)n1ccc(C(=O)N2CCC[C@@](O)(c3cn[nH]n3)C2)n1. The van der Waals surface area contributed by atoms with Gasteiger partial charge in [-0.1, -0.05) is 13.8 Å². The minimum absolute atomic E-state index is 0.152. The van der Waals surface area contributed by atoms with Crippen LogP contribution < -0.4 is 0 Å². The van der Waals surface area contributed by atoms with Crippen LogP contribution in [-0.2, 0) is 5.60 Å². The Bertz CT molecular complexity index is 679. The average molecular weight is 332 g/mol. The van der Waals surface area contributed by atoms with E-state index in [2.05, 4.69) is 34.4 Å². The van der Waals surface area contributed by atoms with Gasteiger partial charge in [0.15, 0.2) is 0 Å². The first-order chi connectivity index (χ1) is 11.6. The van der Waals surface area contributed by atoms with E-state index in [0.717, 1.165) is 12.8 Å². The molecule has 0 saturated carbocycles. The van der Waals surface area contributed by atoms with E-state index in [-0.39, 0.29) is 12.5 Å². The summed E-state index contributed by atoms with van der Waals surface area (Å²) in [5.41, 5.74) is -0.257. The van der Waals surface area contributed by atoms with E-state index < -0.39 is 5.60 Å². The number of carbonyl (C=O) groups excluding carboxylic acids is 1. The van der Waals surface area contributed by atoms with E-state index in [1.807, 2.05) is 10.9 Å². The van der Waals surface area contributed by atoms with E-state index in [4.69, 9.17) is 0 Å². The van der Waals surface area contributed by atoms with Crippen LogP contribution in [0.1, 0.15) is 61.8 Å². The van der Waals surface area contributed by atoms with E-state index in [1.54, 1.807) is 11.0 Å². The molecule has 8 nitrogen and oxygen atoms in total. The van der Waals surface area contributed by atoms with Crippen molar-refractivity contribution in [3.8, 4) is 0 Å². The van der Waals surface area contributed by atoms with Gasteiger partial charge in [0.2, 0.25) is 0 Å². The Kier molecular flexibility index (Phi) is 4.66. The highest BCUT2D eigenvalue weighted by Gasteiger charge is 2.39. The zero-order valence-electron chi connectivity index (χ0n) is 14.1. The number of likely N-dealkylation sites (tertiary alicyclic amines) is 1. The van der Waals surface area contributed by atoms with Crippen molar-refractivity contribution in [1.82, 2.24) is 30.1 Å². The lowest BCUT2D eigenvalue weighted by Crippen LogP contribution is -2.48. The molecule has 1 atom stereocenters. The molecular weight excluding hydrogens is 308 g/mol. The highest BCUT2D eigenvalue weighted by molar-refractivity contribution is 5.92. The summed E-state index contributed by atoms with van der Waals surface area (Å²) in [7, 11) is 0. The van der Waals surface area contributed by atoms with Gasteiger partial charge >= 0.3 is 0 Å². The molecule has 0 aliphatic carbocycles. The van der Waals surface area contributed by atoms with Crippen molar-refractivity contribution in [2.75, 3.05) is 13.1 Å². The van der Waals surface area contributed by atoms with Crippen LogP contribution >= 0.6 is 0 Å². The third-order valence-corrected chi connectivity index (χ3v) is 4.79. The number of aromatic amines is 1. The van der Waals surface area contributed by atoms with Crippen LogP contribution in [0, 0.1) is 0 Å². The van der Waals surface area contributed by atoms with E-state index in [1.165, 1.54) is 6.20 Å². The Morgan fingerprint density at radius 1 is 1.46 bits per heavy atom. The van der Waals surface area contributed by atoms with Gasteiger partial charge in [-0.15, -0.1) is 0 Å². The summed E-state index contributed by atoms with van der Waals surface area (Å²) in [4.78, 5) is 14.4. The minimum Gasteiger partial charge on any atom is -0.382 e. The number of hydrogen-bond donors (Lipinski definition) is 2. The number of rotatable bonds is 5. The van der Waals surface area contributed by atoms with E-state index in [9.17, 15) is 9.90 Å². The van der Waals surface area contributed by atoms with Crippen LogP contribution in [-0.4, -0.2) is 54.2 Å². The second kappa shape index (κ2) is 6.72. The number of H-pyrrole nitrogens is 1. The standard InChI is InChI=1S/C16H24N6O2/c1-3-12(4-2)22-9-6-13(19-22)15(23)21-8-5-7-16(24,11-21)14-10-17-20-18-14/h6,9-10,12,24H,3-5,7-8,11H2,1-2H3,(H,17,18,20)/t16-/m0/s1. The molecule has 1 aliphatic rings. The van der Waals surface area contributed by atoms with Gasteiger partial charge in [0.1, 0.15) is 17.0 Å². The van der Waals surface area contributed by atoms with E-state index in [0.29, 0.717) is 36.8 Å². The van der Waals surface area contributed by atoms with Crippen molar-refractivity contribution in [2.45, 2.75) is 51.2 Å². The molecule has 130 valence electrons. The number of aliphatic hydroxyl groups is 1. The first-order valence-electron chi connectivity index (χ1n) is 8.50. The summed E-state index contributed by atoms with van der Waals surface area (Å²) in [5.74, 6) is -0.152. The quantitative estimate of drug-likeness (QED) is 0.864. The smallest absolute Gasteiger partial charge is 0.274 e. The molecule has 1 fully saturated rings. The molecule has 8 heteroatoms. The van der Waals surface area contributed by atoms with Crippen LogP contribution in [0.2, 0.25) is 0 Å². The van der Waals surface area contributed by atoms with Gasteiger partial charge in [0.05, 0.1) is 18.8 Å². The van der Waals surface area contributed by atoms with Crippen LogP contribution in [0.25, 0.3) is 0 Å². The van der Waals surface area contributed by atoms with Crippen molar-refractivity contribution in [3.05, 3.63) is 29.8 Å². The Morgan fingerprint density at radius 2 is 2.25 bits per heavy atom. The maximum atomic E-state index is 12.8. The van der Waals surface area contributed by atoms with Crippen LogP contribution in [0.15, 0.2) is 18.5 Å². The van der Waals surface area contributed by atoms with Crippen molar-refractivity contribution in [1.29, 1.82) is 0 Å². The second-order valence-electron chi connectivity index (χ2n) is 6.37. The molecule has 0 radical (unpaired) electrons. The second-order valence-corrected chi connectivity index (χ2v) is 6.37. The summed E-state index contributed by atoms with van der Waals surface area (Å²) in [6.07, 6.45) is 6.59. The fourth-order valence-electron chi connectivity index (χ4n) is 3.32. The van der Waals surface area contributed by atoms with Gasteiger partial charge in [-0.3, -0.25) is 9.48 Å². The third kappa shape index (κ3) is 3.06. The van der Waals surface area contributed by atoms with Gasteiger partial charge in [-0.05, 0) is 31.7 Å². The Morgan fingerprint density at radius 3 is 2.92 bits per heavy atom. The van der Waals surface area contributed by atoms with Crippen molar-refractivity contribution >= 4 is 5.91 Å². The van der Waals surface area contributed by atoms with E-state index >= 15 is 0 Å². The lowest BCUT2D eigenvalue weighted by Gasteiger charge is -2.37. The zero-order chi connectivity index (χ0) is 17.2. The van der Waals surface area contributed by atoms with Crippen LogP contribution in [0.3, 0.4) is 0 Å². The molecule has 0 bridgehead atoms. The third-order valence-electron chi connectivity index (χ3n) is 4.79. The van der Waals surface area contributed by atoms with Gasteiger partial charge in [0, 0.05) is 12.7 Å². The van der Waals surface area contributed by atoms with Gasteiger partial charge in [0.25, 0.3) is 5.91 Å².